The van der Waals surface area contributed by atoms with E-state index in [9.17, 15) is 4.79 Å². The number of fused-ring (bicyclic) bond motifs is 1. The summed E-state index contributed by atoms with van der Waals surface area (Å²) in [6.07, 6.45) is 5.14. The average molecular weight is 389 g/mol. The van der Waals surface area contributed by atoms with Gasteiger partial charge in [-0.2, -0.15) is 0 Å². The van der Waals surface area contributed by atoms with Crippen molar-refractivity contribution in [3.8, 4) is 0 Å². The minimum absolute atomic E-state index is 0.292. The highest BCUT2D eigenvalue weighted by atomic mass is 32.1. The second-order valence-electron chi connectivity index (χ2n) is 6.45. The van der Waals surface area contributed by atoms with Crippen molar-refractivity contribution in [3.05, 3.63) is 45.3 Å². The molecule has 0 atom stereocenters. The topological polar surface area (TPSA) is 50.4 Å². The second-order valence-corrected chi connectivity index (χ2v) is 7.96. The molecule has 138 valence electrons. The number of esters is 1. The smallest absolute Gasteiger partial charge is 0.341 e. The molecule has 0 bridgehead atoms. The van der Waals surface area contributed by atoms with E-state index in [4.69, 9.17) is 17.0 Å². The Morgan fingerprint density at radius 3 is 2.77 bits per heavy atom. The summed E-state index contributed by atoms with van der Waals surface area (Å²) in [5.74, 6) is -0.292. The molecule has 26 heavy (non-hydrogen) atoms. The molecule has 0 fully saturated rings. The molecule has 1 heterocycles. The van der Waals surface area contributed by atoms with Crippen molar-refractivity contribution in [3.63, 3.8) is 0 Å². The van der Waals surface area contributed by atoms with Gasteiger partial charge in [-0.1, -0.05) is 25.1 Å². The number of thiocarbonyl (C=S) groups is 1. The predicted octanol–water partition coefficient (Wildman–Crippen LogP) is 5.09. The number of rotatable bonds is 4. The monoisotopic (exact) mass is 388 g/mol. The maximum Gasteiger partial charge on any atom is 0.341 e. The SMILES string of the molecule is CCc1cccc(C)c1NC(=S)Nc1sc2c(c1C(=O)OC)CCCC2. The van der Waals surface area contributed by atoms with Crippen LogP contribution in [0.15, 0.2) is 18.2 Å². The van der Waals surface area contributed by atoms with E-state index in [2.05, 4.69) is 42.7 Å². The summed E-state index contributed by atoms with van der Waals surface area (Å²) in [6.45, 7) is 4.19. The standard InChI is InChI=1S/C20H24N2O2S2/c1-4-13-9-7-8-12(2)17(13)21-20(25)22-18-16(19(23)24-3)14-10-5-6-11-15(14)26-18/h7-9H,4-6,10-11H2,1-3H3,(H2,21,22,25). The number of hydrogen-bond donors (Lipinski definition) is 2. The number of carbonyl (C=O) groups is 1. The summed E-state index contributed by atoms with van der Waals surface area (Å²) >= 11 is 7.16. The minimum Gasteiger partial charge on any atom is -0.465 e. The summed E-state index contributed by atoms with van der Waals surface area (Å²) in [5.41, 5.74) is 5.17. The molecule has 1 aromatic heterocycles. The highest BCUT2D eigenvalue weighted by Crippen LogP contribution is 2.38. The Morgan fingerprint density at radius 1 is 1.27 bits per heavy atom. The van der Waals surface area contributed by atoms with E-state index in [1.807, 2.05) is 0 Å². The molecule has 1 aliphatic rings. The number of anilines is 2. The Balaban J connectivity index is 1.86. The third kappa shape index (κ3) is 3.76. The molecule has 3 rings (SSSR count). The van der Waals surface area contributed by atoms with Crippen LogP contribution in [0.4, 0.5) is 10.7 Å². The lowest BCUT2D eigenvalue weighted by Crippen LogP contribution is -2.21. The van der Waals surface area contributed by atoms with Crippen LogP contribution in [0.3, 0.4) is 0 Å². The third-order valence-corrected chi connectivity index (χ3v) is 6.18. The van der Waals surface area contributed by atoms with Gasteiger partial charge in [-0.05, 0) is 67.9 Å². The molecule has 0 unspecified atom stereocenters. The van der Waals surface area contributed by atoms with Crippen molar-refractivity contribution >= 4 is 45.3 Å². The number of hydrogen-bond acceptors (Lipinski definition) is 4. The van der Waals surface area contributed by atoms with Gasteiger partial charge in [0.2, 0.25) is 0 Å². The molecule has 0 amide bonds. The Bertz CT molecular complexity index is 843. The third-order valence-electron chi connectivity index (χ3n) is 4.77. The van der Waals surface area contributed by atoms with Gasteiger partial charge in [0.1, 0.15) is 5.00 Å². The van der Waals surface area contributed by atoms with Crippen molar-refractivity contribution in [2.24, 2.45) is 0 Å². The average Bonchev–Trinajstić information content (AvgIpc) is 3.00. The molecule has 0 saturated heterocycles. The molecule has 1 aliphatic carbocycles. The van der Waals surface area contributed by atoms with Gasteiger partial charge in [0.05, 0.1) is 12.7 Å². The number of benzene rings is 1. The Kier molecular flexibility index (Phi) is 5.94. The van der Waals surface area contributed by atoms with Crippen LogP contribution in [-0.2, 0) is 24.0 Å². The molecular formula is C20H24N2O2S2. The highest BCUT2D eigenvalue weighted by molar-refractivity contribution is 7.80. The van der Waals surface area contributed by atoms with Gasteiger partial charge in [-0.25, -0.2) is 4.79 Å². The van der Waals surface area contributed by atoms with E-state index < -0.39 is 0 Å². The zero-order valence-corrected chi connectivity index (χ0v) is 17.0. The first-order chi connectivity index (χ1) is 12.5. The van der Waals surface area contributed by atoms with Crippen molar-refractivity contribution in [1.29, 1.82) is 0 Å². The summed E-state index contributed by atoms with van der Waals surface area (Å²) < 4.78 is 5.02. The molecule has 4 nitrogen and oxygen atoms in total. The summed E-state index contributed by atoms with van der Waals surface area (Å²) in [7, 11) is 1.43. The predicted molar refractivity (Wildman–Crippen MR) is 113 cm³/mol. The second kappa shape index (κ2) is 8.18. The van der Waals surface area contributed by atoms with E-state index in [1.165, 1.54) is 24.0 Å². The van der Waals surface area contributed by atoms with Gasteiger partial charge in [0.15, 0.2) is 5.11 Å². The fraction of sp³-hybridized carbons (Fsp3) is 0.400. The van der Waals surface area contributed by atoms with Crippen LogP contribution in [0.5, 0.6) is 0 Å². The zero-order valence-electron chi connectivity index (χ0n) is 15.4. The number of thiophene rings is 1. The number of aryl methyl sites for hydroxylation is 3. The van der Waals surface area contributed by atoms with E-state index in [-0.39, 0.29) is 5.97 Å². The fourth-order valence-corrected chi connectivity index (χ4v) is 4.97. The van der Waals surface area contributed by atoms with E-state index in [0.29, 0.717) is 10.7 Å². The van der Waals surface area contributed by atoms with E-state index in [1.54, 1.807) is 11.3 Å². The molecule has 2 aromatic rings. The van der Waals surface area contributed by atoms with Gasteiger partial charge < -0.3 is 15.4 Å². The van der Waals surface area contributed by atoms with Crippen molar-refractivity contribution in [2.75, 3.05) is 17.7 Å². The van der Waals surface area contributed by atoms with Gasteiger partial charge in [-0.3, -0.25) is 0 Å². The van der Waals surface area contributed by atoms with Gasteiger partial charge in [0, 0.05) is 10.6 Å². The van der Waals surface area contributed by atoms with E-state index >= 15 is 0 Å². The molecular weight excluding hydrogens is 364 g/mol. The molecule has 6 heteroatoms. The normalized spacial score (nSPS) is 13.0. The molecule has 0 radical (unpaired) electrons. The summed E-state index contributed by atoms with van der Waals surface area (Å²) in [4.78, 5) is 13.6. The van der Waals surface area contributed by atoms with Crippen molar-refractivity contribution < 1.29 is 9.53 Å². The fourth-order valence-electron chi connectivity index (χ4n) is 3.42. The minimum atomic E-state index is -0.292. The summed E-state index contributed by atoms with van der Waals surface area (Å²) in [5, 5.41) is 7.85. The maximum absolute atomic E-state index is 12.3. The Hall–Kier alpha value is -1.92. The molecule has 0 spiro atoms. The number of carbonyl (C=O) groups excluding carboxylic acids is 1. The Labute approximate surface area is 164 Å². The van der Waals surface area contributed by atoms with Crippen molar-refractivity contribution in [1.82, 2.24) is 0 Å². The molecule has 1 aromatic carbocycles. The molecule has 0 saturated carbocycles. The molecule has 0 aliphatic heterocycles. The van der Waals surface area contributed by atoms with Crippen LogP contribution in [-0.4, -0.2) is 18.2 Å². The number of nitrogens with one attached hydrogen (secondary N) is 2. The zero-order chi connectivity index (χ0) is 18.7. The van der Waals surface area contributed by atoms with Crippen LogP contribution >= 0.6 is 23.6 Å². The number of methoxy groups -OCH3 is 1. The van der Waals surface area contributed by atoms with Crippen molar-refractivity contribution in [2.45, 2.75) is 46.0 Å². The number of para-hydroxylation sites is 1. The van der Waals surface area contributed by atoms with E-state index in [0.717, 1.165) is 47.5 Å². The van der Waals surface area contributed by atoms with Crippen LogP contribution in [0, 0.1) is 6.92 Å². The first kappa shape index (κ1) is 18.9. The number of ether oxygens (including phenoxy) is 1. The van der Waals surface area contributed by atoms with Crippen LogP contribution in [0.2, 0.25) is 0 Å². The molecule has 2 N–H and O–H groups in total. The summed E-state index contributed by atoms with van der Waals surface area (Å²) in [6, 6.07) is 6.22. The van der Waals surface area contributed by atoms with Gasteiger partial charge >= 0.3 is 5.97 Å². The van der Waals surface area contributed by atoms with Crippen LogP contribution < -0.4 is 10.6 Å². The van der Waals surface area contributed by atoms with Gasteiger partial charge in [-0.15, -0.1) is 11.3 Å². The van der Waals surface area contributed by atoms with Crippen LogP contribution in [0.1, 0.15) is 51.7 Å². The Morgan fingerprint density at radius 2 is 2.04 bits per heavy atom. The lowest BCUT2D eigenvalue weighted by Gasteiger charge is -2.16. The van der Waals surface area contributed by atoms with Gasteiger partial charge in [0.25, 0.3) is 0 Å². The highest BCUT2D eigenvalue weighted by Gasteiger charge is 2.26. The maximum atomic E-state index is 12.3. The largest absolute Gasteiger partial charge is 0.465 e. The first-order valence-corrected chi connectivity index (χ1v) is 10.2. The quantitative estimate of drug-likeness (QED) is 0.564. The lowest BCUT2D eigenvalue weighted by atomic mass is 9.95. The first-order valence-electron chi connectivity index (χ1n) is 8.94. The van der Waals surface area contributed by atoms with Crippen LogP contribution in [0.25, 0.3) is 0 Å². The lowest BCUT2D eigenvalue weighted by molar-refractivity contribution is 0.0601.